The summed E-state index contributed by atoms with van der Waals surface area (Å²) in [6.07, 6.45) is 2.88. The van der Waals surface area contributed by atoms with Gasteiger partial charge in [0.1, 0.15) is 17.1 Å². The first kappa shape index (κ1) is 30.5. The normalized spacial score (nSPS) is 13.8. The Morgan fingerprint density at radius 2 is 1.76 bits per heavy atom. The van der Waals surface area contributed by atoms with Crippen LogP contribution in [0.25, 0.3) is 22.2 Å². The lowest BCUT2D eigenvalue weighted by molar-refractivity contribution is -0.137. The fourth-order valence-electron chi connectivity index (χ4n) is 5.26. The van der Waals surface area contributed by atoms with Crippen molar-refractivity contribution in [3.63, 3.8) is 0 Å². The number of anilines is 5. The molecule has 2 N–H and O–H groups in total. The molecule has 2 aromatic carbocycles. The molecule has 1 aliphatic heterocycles. The van der Waals surface area contributed by atoms with Crippen LogP contribution in [0.1, 0.15) is 5.56 Å². The Labute approximate surface area is 258 Å². The molecule has 15 heteroatoms. The Hall–Kier alpha value is -4.55. The number of alkyl halides is 3. The fraction of sp³-hybridized carbons (Fsp3) is 0.300. The first-order valence-electron chi connectivity index (χ1n) is 14.1. The van der Waals surface area contributed by atoms with Crippen LogP contribution in [0.4, 0.5) is 42.0 Å². The van der Waals surface area contributed by atoms with Gasteiger partial charge in [-0.3, -0.25) is 14.6 Å². The number of nitrogens with one attached hydrogen (secondary N) is 2. The van der Waals surface area contributed by atoms with E-state index < -0.39 is 25.5 Å². The molecule has 0 spiro atoms. The van der Waals surface area contributed by atoms with Crippen LogP contribution >= 0.6 is 7.92 Å². The number of hydrogen-bond donors (Lipinski definition) is 2. The van der Waals surface area contributed by atoms with Crippen molar-refractivity contribution in [3.05, 3.63) is 60.8 Å². The van der Waals surface area contributed by atoms with E-state index in [0.717, 1.165) is 28.3 Å². The highest BCUT2D eigenvalue weighted by atomic mass is 31.1. The number of aromatic nitrogens is 6. The van der Waals surface area contributed by atoms with E-state index in [4.69, 9.17) is 9.47 Å². The Balaban J connectivity index is 1.42. The highest BCUT2D eigenvalue weighted by Gasteiger charge is 2.36. The first-order chi connectivity index (χ1) is 21.6. The van der Waals surface area contributed by atoms with Crippen molar-refractivity contribution in [2.45, 2.75) is 6.18 Å². The molecule has 1 saturated heterocycles. The van der Waals surface area contributed by atoms with Crippen LogP contribution in [0.15, 0.2) is 55.2 Å². The lowest BCUT2D eigenvalue weighted by atomic mass is 10.0. The van der Waals surface area contributed by atoms with Gasteiger partial charge in [-0.25, -0.2) is 4.98 Å². The molecule has 4 heterocycles. The zero-order valence-corrected chi connectivity index (χ0v) is 25.9. The van der Waals surface area contributed by atoms with Gasteiger partial charge in [0.25, 0.3) is 0 Å². The maximum Gasteiger partial charge on any atom is 0.421 e. The SMILES string of the molecule is COc1cc(N2CCOCC2)c(-c2cnn(C)c2)cc1Nc1ncc(C(F)(F)F)c(Nc2ccc3nccnc3c2P(C)C)n1. The summed E-state index contributed by atoms with van der Waals surface area (Å²) in [4.78, 5) is 19.4. The highest BCUT2D eigenvalue weighted by molar-refractivity contribution is 7.65. The molecule has 45 heavy (non-hydrogen) atoms. The molecule has 1 aliphatic rings. The summed E-state index contributed by atoms with van der Waals surface area (Å²) in [6, 6.07) is 7.20. The summed E-state index contributed by atoms with van der Waals surface area (Å²) in [5.41, 5.74) is 3.89. The van der Waals surface area contributed by atoms with Crippen LogP contribution in [-0.2, 0) is 18.0 Å². The predicted molar refractivity (Wildman–Crippen MR) is 170 cm³/mol. The number of methoxy groups -OCH3 is 1. The van der Waals surface area contributed by atoms with E-state index in [0.29, 0.717) is 54.5 Å². The number of ether oxygens (including phenoxy) is 2. The molecule has 0 amide bonds. The molecule has 0 atom stereocenters. The van der Waals surface area contributed by atoms with Crippen molar-refractivity contribution in [2.24, 2.45) is 7.05 Å². The number of benzene rings is 2. The standard InChI is InChI=1S/C30H31F3N9O2P/c1-41-17-18(15-37-41)19-13-23(25(43-2)14-24(19)42-9-11-44-12-10-42)39-29-36-16-20(30(31,32)33)28(40-29)38-22-6-5-21-26(27(22)45(3)4)35-8-7-34-21/h5-8,13-17H,9-12H2,1-4H3,(H2,36,38,39,40). The van der Waals surface area contributed by atoms with Crippen molar-refractivity contribution in [1.82, 2.24) is 29.7 Å². The van der Waals surface area contributed by atoms with Gasteiger partial charge in [0.05, 0.1) is 43.2 Å². The summed E-state index contributed by atoms with van der Waals surface area (Å²) in [5, 5.41) is 11.2. The molecule has 0 unspecified atom stereocenters. The molecule has 234 valence electrons. The van der Waals surface area contributed by atoms with E-state index in [-0.39, 0.29) is 5.95 Å². The fourth-order valence-corrected chi connectivity index (χ4v) is 6.47. The second-order valence-electron chi connectivity index (χ2n) is 10.6. The highest BCUT2D eigenvalue weighted by Crippen LogP contribution is 2.42. The van der Waals surface area contributed by atoms with Gasteiger partial charge in [-0.15, -0.1) is 0 Å². The van der Waals surface area contributed by atoms with E-state index in [1.165, 1.54) is 7.11 Å². The van der Waals surface area contributed by atoms with Gasteiger partial charge in [-0.2, -0.15) is 23.3 Å². The number of fused-ring (bicyclic) bond motifs is 1. The van der Waals surface area contributed by atoms with Crippen molar-refractivity contribution in [3.8, 4) is 16.9 Å². The molecule has 0 aliphatic carbocycles. The number of hydrogen-bond acceptors (Lipinski definition) is 10. The summed E-state index contributed by atoms with van der Waals surface area (Å²) >= 11 is 0. The molecular formula is C30H31F3N9O2P. The minimum absolute atomic E-state index is 0.0440. The molecule has 5 aromatic rings. The molecule has 0 saturated carbocycles. The quantitative estimate of drug-likeness (QED) is 0.210. The third-order valence-corrected chi connectivity index (χ3v) is 8.69. The third kappa shape index (κ3) is 6.34. The summed E-state index contributed by atoms with van der Waals surface area (Å²) in [7, 11) is 2.59. The molecule has 3 aromatic heterocycles. The molecule has 11 nitrogen and oxygen atoms in total. The van der Waals surface area contributed by atoms with Crippen molar-refractivity contribution < 1.29 is 22.6 Å². The lowest BCUT2D eigenvalue weighted by Crippen LogP contribution is -2.36. The van der Waals surface area contributed by atoms with Crippen LogP contribution < -0.4 is 25.6 Å². The first-order valence-corrected chi connectivity index (χ1v) is 16.3. The maximum absolute atomic E-state index is 14.2. The number of rotatable bonds is 8. The predicted octanol–water partition coefficient (Wildman–Crippen LogP) is 5.54. The summed E-state index contributed by atoms with van der Waals surface area (Å²) in [6.45, 7) is 6.59. The van der Waals surface area contributed by atoms with Gasteiger partial charge < -0.3 is 25.0 Å². The summed E-state index contributed by atoms with van der Waals surface area (Å²) < 4.78 is 55.6. The zero-order chi connectivity index (χ0) is 31.7. The Morgan fingerprint density at radius 3 is 2.44 bits per heavy atom. The largest absolute Gasteiger partial charge is 0.494 e. The minimum atomic E-state index is -4.70. The Bertz CT molecular complexity index is 1840. The van der Waals surface area contributed by atoms with E-state index in [1.54, 1.807) is 35.4 Å². The Morgan fingerprint density at radius 1 is 0.978 bits per heavy atom. The van der Waals surface area contributed by atoms with E-state index in [9.17, 15) is 13.2 Å². The second-order valence-corrected chi connectivity index (χ2v) is 12.8. The third-order valence-electron chi connectivity index (χ3n) is 7.34. The van der Waals surface area contributed by atoms with Crippen LogP contribution in [0.5, 0.6) is 5.75 Å². The topological polar surface area (TPSA) is 115 Å². The van der Waals surface area contributed by atoms with Crippen LogP contribution in [0.3, 0.4) is 0 Å². The van der Waals surface area contributed by atoms with Gasteiger partial charge in [0.15, 0.2) is 0 Å². The van der Waals surface area contributed by atoms with E-state index >= 15 is 0 Å². The van der Waals surface area contributed by atoms with Crippen LogP contribution in [0, 0.1) is 0 Å². The molecule has 0 bridgehead atoms. The number of aryl methyl sites for hydroxylation is 1. The van der Waals surface area contributed by atoms with E-state index in [1.807, 2.05) is 38.7 Å². The number of morpholine rings is 1. The van der Waals surface area contributed by atoms with E-state index in [2.05, 4.69) is 40.6 Å². The summed E-state index contributed by atoms with van der Waals surface area (Å²) in [5.74, 6) is 0.0373. The average molecular weight is 638 g/mol. The second kappa shape index (κ2) is 12.4. The van der Waals surface area contributed by atoms with Crippen molar-refractivity contribution >= 4 is 53.1 Å². The van der Waals surface area contributed by atoms with Gasteiger partial charge in [0, 0.05) is 78.8 Å². The van der Waals surface area contributed by atoms with Gasteiger partial charge >= 0.3 is 6.18 Å². The zero-order valence-electron chi connectivity index (χ0n) is 25.1. The maximum atomic E-state index is 14.2. The monoisotopic (exact) mass is 637 g/mol. The molecule has 1 fully saturated rings. The van der Waals surface area contributed by atoms with Crippen molar-refractivity contribution in [2.75, 3.05) is 62.3 Å². The number of nitrogens with zero attached hydrogens (tertiary/aromatic N) is 7. The smallest absolute Gasteiger partial charge is 0.421 e. The van der Waals surface area contributed by atoms with Crippen LogP contribution in [0.2, 0.25) is 0 Å². The van der Waals surface area contributed by atoms with Crippen LogP contribution in [-0.4, -0.2) is 76.5 Å². The van der Waals surface area contributed by atoms with Crippen molar-refractivity contribution in [1.29, 1.82) is 0 Å². The van der Waals surface area contributed by atoms with Gasteiger partial charge in [0.2, 0.25) is 5.95 Å². The molecule has 6 rings (SSSR count). The number of halogens is 3. The lowest BCUT2D eigenvalue weighted by Gasteiger charge is -2.31. The molecular weight excluding hydrogens is 606 g/mol. The van der Waals surface area contributed by atoms with Gasteiger partial charge in [-0.05, 0) is 31.5 Å². The van der Waals surface area contributed by atoms with Gasteiger partial charge in [-0.1, -0.05) is 7.92 Å². The molecule has 0 radical (unpaired) electrons. The average Bonchev–Trinajstić information content (AvgIpc) is 3.46. The Kier molecular flexibility index (Phi) is 8.43. The minimum Gasteiger partial charge on any atom is -0.494 e.